The SMILES string of the molecule is C=CCCC(=O)N(C[C@H]1CCCO1)[C@@H]1CC(C(=O)NCCO)=C[C@H](Oc2c(I)cc(C=O)cc2OC)[C@H]1O. The summed E-state index contributed by atoms with van der Waals surface area (Å²) in [5.41, 5.74) is 0.724. The minimum atomic E-state index is -1.18. The molecule has 0 unspecified atom stereocenters. The van der Waals surface area contributed by atoms with Crippen molar-refractivity contribution in [1.82, 2.24) is 10.2 Å². The molecule has 4 atom stereocenters. The number of hydrogen-bond acceptors (Lipinski definition) is 8. The van der Waals surface area contributed by atoms with Crippen LogP contribution in [0.25, 0.3) is 0 Å². The van der Waals surface area contributed by atoms with Crippen LogP contribution in [0.15, 0.2) is 36.4 Å². The van der Waals surface area contributed by atoms with Crippen molar-refractivity contribution in [3.63, 3.8) is 0 Å². The van der Waals surface area contributed by atoms with E-state index in [-0.39, 0.29) is 44.5 Å². The summed E-state index contributed by atoms with van der Waals surface area (Å²) in [5.74, 6) is 0.00513. The fraction of sp³-hybridized carbons (Fsp3) is 0.519. The zero-order chi connectivity index (χ0) is 27.7. The average Bonchev–Trinajstić information content (AvgIpc) is 3.44. The molecular formula is C27H35IN2O8. The average molecular weight is 642 g/mol. The normalized spacial score (nSPS) is 22.8. The van der Waals surface area contributed by atoms with Gasteiger partial charge in [0.2, 0.25) is 11.8 Å². The number of nitrogens with zero attached hydrogens (tertiary/aromatic N) is 1. The number of hydrogen-bond donors (Lipinski definition) is 3. The van der Waals surface area contributed by atoms with Crippen LogP contribution in [0.2, 0.25) is 0 Å². The highest BCUT2D eigenvalue weighted by Crippen LogP contribution is 2.37. The van der Waals surface area contributed by atoms with E-state index < -0.39 is 24.2 Å². The van der Waals surface area contributed by atoms with E-state index in [4.69, 9.17) is 14.2 Å². The first-order valence-corrected chi connectivity index (χ1v) is 13.7. The quantitative estimate of drug-likeness (QED) is 0.169. The molecule has 0 radical (unpaired) electrons. The van der Waals surface area contributed by atoms with E-state index in [1.807, 2.05) is 22.6 Å². The van der Waals surface area contributed by atoms with Crippen LogP contribution in [0, 0.1) is 3.57 Å². The molecule has 3 N–H and O–H groups in total. The van der Waals surface area contributed by atoms with Gasteiger partial charge in [0.15, 0.2) is 11.5 Å². The summed E-state index contributed by atoms with van der Waals surface area (Å²) in [7, 11) is 1.44. The number of benzene rings is 1. The highest BCUT2D eigenvalue weighted by Gasteiger charge is 2.41. The zero-order valence-corrected chi connectivity index (χ0v) is 23.6. The molecule has 2 amide bonds. The molecule has 1 heterocycles. The largest absolute Gasteiger partial charge is 0.493 e. The van der Waals surface area contributed by atoms with Crippen molar-refractivity contribution >= 4 is 40.7 Å². The van der Waals surface area contributed by atoms with Crippen molar-refractivity contribution in [2.45, 2.75) is 56.5 Å². The fourth-order valence-corrected chi connectivity index (χ4v) is 5.39. The van der Waals surface area contributed by atoms with E-state index in [2.05, 4.69) is 11.9 Å². The van der Waals surface area contributed by atoms with E-state index in [0.29, 0.717) is 45.5 Å². The van der Waals surface area contributed by atoms with E-state index in [1.165, 1.54) is 19.3 Å². The maximum absolute atomic E-state index is 13.3. The molecule has 1 aliphatic heterocycles. The van der Waals surface area contributed by atoms with Gasteiger partial charge in [-0.2, -0.15) is 0 Å². The molecule has 2 aliphatic rings. The number of allylic oxidation sites excluding steroid dienone is 1. The molecule has 1 saturated heterocycles. The van der Waals surface area contributed by atoms with Crippen LogP contribution >= 0.6 is 22.6 Å². The highest BCUT2D eigenvalue weighted by molar-refractivity contribution is 14.1. The molecular weight excluding hydrogens is 607 g/mol. The number of carbonyl (C=O) groups is 3. The number of nitrogens with one attached hydrogen (secondary N) is 1. The second-order valence-electron chi connectivity index (χ2n) is 9.18. The van der Waals surface area contributed by atoms with Gasteiger partial charge in [0.05, 0.1) is 29.4 Å². The van der Waals surface area contributed by atoms with Crippen molar-refractivity contribution in [2.75, 3.05) is 33.4 Å². The Kier molecular flexibility index (Phi) is 11.6. The summed E-state index contributed by atoms with van der Waals surface area (Å²) >= 11 is 2.01. The third-order valence-corrected chi connectivity index (χ3v) is 7.36. The van der Waals surface area contributed by atoms with E-state index in [0.717, 1.165) is 12.8 Å². The van der Waals surface area contributed by atoms with Crippen LogP contribution in [0.1, 0.15) is 42.5 Å². The first kappa shape index (κ1) is 30.1. The van der Waals surface area contributed by atoms with Crippen LogP contribution in [0.5, 0.6) is 11.5 Å². The van der Waals surface area contributed by atoms with Crippen molar-refractivity contribution in [2.24, 2.45) is 0 Å². The van der Waals surface area contributed by atoms with Crippen LogP contribution in [0.3, 0.4) is 0 Å². The Balaban J connectivity index is 1.99. The van der Waals surface area contributed by atoms with E-state index in [9.17, 15) is 24.6 Å². The summed E-state index contributed by atoms with van der Waals surface area (Å²) in [6.45, 7) is 4.43. The molecule has 1 aliphatic carbocycles. The standard InChI is InChI=1S/C27H35IN2O8/c1-3-4-7-24(33)30(15-19-6-5-10-37-19)21-13-18(27(35)29-8-9-31)14-22(25(21)34)38-26-20(28)11-17(16-32)12-23(26)36-2/h3,11-12,14,16,19,21-22,25,31,34H,1,4-10,13,15H2,2H3,(H,29,35)/t19-,21-,22+,25+/m1/s1. The molecule has 0 saturated carbocycles. The Morgan fingerprint density at radius 1 is 1.37 bits per heavy atom. The van der Waals surface area contributed by atoms with Gasteiger partial charge in [0.1, 0.15) is 18.5 Å². The maximum Gasteiger partial charge on any atom is 0.247 e. The number of methoxy groups -OCH3 is 1. The Labute approximate surface area is 236 Å². The number of aliphatic hydroxyl groups excluding tert-OH is 2. The van der Waals surface area contributed by atoms with Gasteiger partial charge in [-0.25, -0.2) is 0 Å². The first-order chi connectivity index (χ1) is 18.3. The molecule has 0 bridgehead atoms. The van der Waals surface area contributed by atoms with Gasteiger partial charge in [-0.3, -0.25) is 14.4 Å². The van der Waals surface area contributed by atoms with Crippen molar-refractivity contribution in [3.8, 4) is 11.5 Å². The Bertz CT molecular complexity index is 1040. The summed E-state index contributed by atoms with van der Waals surface area (Å²) in [4.78, 5) is 39.2. The predicted molar refractivity (Wildman–Crippen MR) is 148 cm³/mol. The topological polar surface area (TPSA) is 135 Å². The van der Waals surface area contributed by atoms with Gasteiger partial charge in [0.25, 0.3) is 0 Å². The van der Waals surface area contributed by atoms with Crippen molar-refractivity contribution in [3.05, 3.63) is 45.6 Å². The lowest BCUT2D eigenvalue weighted by molar-refractivity contribution is -0.140. The Morgan fingerprint density at radius 2 is 2.16 bits per heavy atom. The van der Waals surface area contributed by atoms with Crippen LogP contribution in [0.4, 0.5) is 0 Å². The number of aldehydes is 1. The minimum absolute atomic E-state index is 0.0612. The van der Waals surface area contributed by atoms with Gasteiger partial charge in [-0.05, 0) is 60.1 Å². The van der Waals surface area contributed by atoms with Crippen LogP contribution < -0.4 is 14.8 Å². The number of amides is 2. The fourth-order valence-electron chi connectivity index (χ4n) is 4.64. The summed E-state index contributed by atoms with van der Waals surface area (Å²) < 4.78 is 18.0. The lowest BCUT2D eigenvalue weighted by Crippen LogP contribution is -2.56. The third kappa shape index (κ3) is 7.55. The van der Waals surface area contributed by atoms with E-state index in [1.54, 1.807) is 17.0 Å². The predicted octanol–water partition coefficient (Wildman–Crippen LogP) is 2.00. The lowest BCUT2D eigenvalue weighted by Gasteiger charge is -2.41. The summed E-state index contributed by atoms with van der Waals surface area (Å²) in [6.07, 6.45) is 4.02. The molecule has 1 aromatic carbocycles. The van der Waals surface area contributed by atoms with Crippen LogP contribution in [-0.4, -0.2) is 91.0 Å². The van der Waals surface area contributed by atoms with Gasteiger partial charge in [-0.15, -0.1) is 6.58 Å². The van der Waals surface area contributed by atoms with Gasteiger partial charge in [-0.1, -0.05) is 6.08 Å². The molecule has 1 fully saturated rings. The smallest absolute Gasteiger partial charge is 0.247 e. The Hall–Kier alpha value is -2.48. The third-order valence-electron chi connectivity index (χ3n) is 6.56. The van der Waals surface area contributed by atoms with Gasteiger partial charge < -0.3 is 34.6 Å². The highest BCUT2D eigenvalue weighted by atomic mass is 127. The molecule has 3 rings (SSSR count). The minimum Gasteiger partial charge on any atom is -0.493 e. The number of halogens is 1. The van der Waals surface area contributed by atoms with Crippen molar-refractivity contribution < 1.29 is 38.8 Å². The molecule has 208 valence electrons. The van der Waals surface area contributed by atoms with Gasteiger partial charge in [0, 0.05) is 43.7 Å². The number of aliphatic hydroxyl groups is 2. The number of rotatable bonds is 13. The monoisotopic (exact) mass is 642 g/mol. The molecule has 10 nitrogen and oxygen atoms in total. The molecule has 0 spiro atoms. The number of ether oxygens (including phenoxy) is 3. The van der Waals surface area contributed by atoms with Crippen LogP contribution in [-0.2, 0) is 14.3 Å². The Morgan fingerprint density at radius 3 is 2.79 bits per heavy atom. The maximum atomic E-state index is 13.3. The molecule has 1 aromatic rings. The second kappa shape index (κ2) is 14.6. The number of carbonyl (C=O) groups excluding carboxylic acids is 3. The summed E-state index contributed by atoms with van der Waals surface area (Å²) in [6, 6.07) is 2.39. The molecule has 11 heteroatoms. The second-order valence-corrected chi connectivity index (χ2v) is 10.3. The summed E-state index contributed by atoms with van der Waals surface area (Å²) in [5, 5.41) is 23.4. The van der Waals surface area contributed by atoms with Gasteiger partial charge >= 0.3 is 0 Å². The van der Waals surface area contributed by atoms with Crippen molar-refractivity contribution in [1.29, 1.82) is 0 Å². The first-order valence-electron chi connectivity index (χ1n) is 12.6. The molecule has 0 aromatic heterocycles. The lowest BCUT2D eigenvalue weighted by atomic mass is 9.87. The zero-order valence-electron chi connectivity index (χ0n) is 21.4. The van der Waals surface area contributed by atoms with E-state index >= 15 is 0 Å². The molecule has 38 heavy (non-hydrogen) atoms.